The number of nitrogens with one attached hydrogen (secondary N) is 1. The van der Waals surface area contributed by atoms with E-state index in [1.165, 1.54) is 18.2 Å². The Hall–Kier alpha value is -2.11. The molecule has 0 fully saturated rings. The Kier molecular flexibility index (Phi) is 3.22. The van der Waals surface area contributed by atoms with E-state index in [0.29, 0.717) is 5.75 Å². The molecule has 0 saturated carbocycles. The summed E-state index contributed by atoms with van der Waals surface area (Å²) in [5, 5.41) is 17.6. The summed E-state index contributed by atoms with van der Waals surface area (Å²) in [5.74, 6) is 0.202. The number of nitro groups is 1. The third-order valence-electron chi connectivity index (χ3n) is 1.78. The van der Waals surface area contributed by atoms with E-state index >= 15 is 0 Å². The number of ether oxygens (including phenoxy) is 1. The third-order valence-corrected chi connectivity index (χ3v) is 1.78. The summed E-state index contributed by atoms with van der Waals surface area (Å²) >= 11 is 0. The highest BCUT2D eigenvalue weighted by Crippen LogP contribution is 2.19. The number of hydrogen-bond donors (Lipinski definition) is 2. The first-order valence-electron chi connectivity index (χ1n) is 4.25. The molecule has 0 amide bonds. The smallest absolute Gasteiger partial charge is 0.273 e. The van der Waals surface area contributed by atoms with Crippen LogP contribution in [-0.4, -0.2) is 16.9 Å². The molecule has 6 heteroatoms. The van der Waals surface area contributed by atoms with E-state index in [9.17, 15) is 10.1 Å². The molecule has 1 atom stereocenters. The molecule has 0 aliphatic rings. The van der Waals surface area contributed by atoms with E-state index in [1.54, 1.807) is 13.0 Å². The molecule has 0 heterocycles. The van der Waals surface area contributed by atoms with Crippen LogP contribution in [0.2, 0.25) is 0 Å². The fraction of sp³-hybridized carbons (Fsp3) is 0.222. The fourth-order valence-corrected chi connectivity index (χ4v) is 0.938. The van der Waals surface area contributed by atoms with Gasteiger partial charge in [-0.1, -0.05) is 6.07 Å². The molecule has 0 aromatic heterocycles. The number of nitrogens with two attached hydrogens (primary N) is 1. The Labute approximate surface area is 86.3 Å². The minimum Gasteiger partial charge on any atom is -0.483 e. The van der Waals surface area contributed by atoms with Crippen molar-refractivity contribution in [2.45, 2.75) is 13.0 Å². The maximum absolute atomic E-state index is 10.5. The van der Waals surface area contributed by atoms with Crippen molar-refractivity contribution in [3.8, 4) is 5.75 Å². The summed E-state index contributed by atoms with van der Waals surface area (Å²) in [5.41, 5.74) is 5.15. The first-order valence-corrected chi connectivity index (χ1v) is 4.25. The predicted molar refractivity (Wildman–Crippen MR) is 55.1 cm³/mol. The van der Waals surface area contributed by atoms with Crippen LogP contribution in [0.1, 0.15) is 6.92 Å². The zero-order valence-electron chi connectivity index (χ0n) is 8.14. The number of benzene rings is 1. The molecule has 1 unspecified atom stereocenters. The van der Waals surface area contributed by atoms with Gasteiger partial charge in [-0.15, -0.1) is 0 Å². The minimum absolute atomic E-state index is 0.0525. The van der Waals surface area contributed by atoms with Gasteiger partial charge in [0, 0.05) is 6.07 Å². The number of nitrogens with zero attached hydrogens (tertiary/aromatic N) is 1. The molecular formula is C9H11N3O3. The highest BCUT2D eigenvalue weighted by Gasteiger charge is 2.10. The van der Waals surface area contributed by atoms with Gasteiger partial charge in [0.25, 0.3) is 5.69 Å². The van der Waals surface area contributed by atoms with E-state index < -0.39 is 11.0 Å². The van der Waals surface area contributed by atoms with Gasteiger partial charge in [-0.2, -0.15) is 0 Å². The Bertz CT molecular complexity index is 392. The Morgan fingerprint density at radius 2 is 2.33 bits per heavy atom. The largest absolute Gasteiger partial charge is 0.483 e. The lowest BCUT2D eigenvalue weighted by Crippen LogP contribution is -2.29. The third kappa shape index (κ3) is 2.94. The monoisotopic (exact) mass is 209 g/mol. The Balaban J connectivity index is 2.82. The second-order valence-electron chi connectivity index (χ2n) is 2.97. The van der Waals surface area contributed by atoms with Crippen LogP contribution in [0, 0.1) is 15.5 Å². The standard InChI is InChI=1S/C9H11N3O3/c1-6(9(10)11)15-8-4-2-3-7(5-8)12(13)14/h2-6H,1H3,(H3,10,11). The van der Waals surface area contributed by atoms with Crippen LogP contribution in [0.4, 0.5) is 5.69 Å². The molecule has 0 bridgehead atoms. The number of non-ortho nitro benzene ring substituents is 1. The van der Waals surface area contributed by atoms with Gasteiger partial charge >= 0.3 is 0 Å². The minimum atomic E-state index is -0.591. The summed E-state index contributed by atoms with van der Waals surface area (Å²) < 4.78 is 5.21. The fourth-order valence-electron chi connectivity index (χ4n) is 0.938. The topological polar surface area (TPSA) is 102 Å². The molecule has 1 aromatic carbocycles. The van der Waals surface area contributed by atoms with Gasteiger partial charge in [-0.3, -0.25) is 15.5 Å². The number of hydrogen-bond acceptors (Lipinski definition) is 4. The van der Waals surface area contributed by atoms with Crippen LogP contribution in [0.3, 0.4) is 0 Å². The lowest BCUT2D eigenvalue weighted by atomic mass is 10.3. The van der Waals surface area contributed by atoms with Crippen molar-refractivity contribution in [3.05, 3.63) is 34.4 Å². The van der Waals surface area contributed by atoms with Gasteiger partial charge in [0.2, 0.25) is 0 Å². The van der Waals surface area contributed by atoms with Crippen molar-refractivity contribution >= 4 is 11.5 Å². The molecule has 6 nitrogen and oxygen atoms in total. The van der Waals surface area contributed by atoms with Crippen LogP contribution in [-0.2, 0) is 0 Å². The van der Waals surface area contributed by atoms with Crippen LogP contribution in [0.25, 0.3) is 0 Å². The summed E-state index contributed by atoms with van der Waals surface area (Å²) in [6.07, 6.45) is -0.591. The zero-order valence-corrected chi connectivity index (χ0v) is 8.14. The molecule has 0 radical (unpaired) electrons. The van der Waals surface area contributed by atoms with Crippen molar-refractivity contribution in [2.75, 3.05) is 0 Å². The van der Waals surface area contributed by atoms with Gasteiger partial charge in [-0.05, 0) is 13.0 Å². The lowest BCUT2D eigenvalue weighted by Gasteiger charge is -2.12. The second kappa shape index (κ2) is 4.41. The summed E-state index contributed by atoms with van der Waals surface area (Å²) in [6, 6.07) is 5.75. The quantitative estimate of drug-likeness (QED) is 0.337. The van der Waals surface area contributed by atoms with E-state index in [2.05, 4.69) is 0 Å². The molecule has 15 heavy (non-hydrogen) atoms. The average Bonchev–Trinajstić information content (AvgIpc) is 2.18. The average molecular weight is 209 g/mol. The summed E-state index contributed by atoms with van der Waals surface area (Å²) in [4.78, 5) is 9.95. The second-order valence-corrected chi connectivity index (χ2v) is 2.97. The lowest BCUT2D eigenvalue weighted by molar-refractivity contribution is -0.384. The van der Waals surface area contributed by atoms with Crippen LogP contribution >= 0.6 is 0 Å². The van der Waals surface area contributed by atoms with Crippen molar-refractivity contribution in [3.63, 3.8) is 0 Å². The molecule has 1 rings (SSSR count). The Morgan fingerprint density at radius 1 is 1.67 bits per heavy atom. The van der Waals surface area contributed by atoms with E-state index in [1.807, 2.05) is 0 Å². The van der Waals surface area contributed by atoms with Gasteiger partial charge in [-0.25, -0.2) is 0 Å². The molecule has 80 valence electrons. The summed E-state index contributed by atoms with van der Waals surface area (Å²) in [6.45, 7) is 1.60. The molecule has 0 spiro atoms. The summed E-state index contributed by atoms with van der Waals surface area (Å²) in [7, 11) is 0. The van der Waals surface area contributed by atoms with Gasteiger partial charge in [0.15, 0.2) is 6.10 Å². The van der Waals surface area contributed by atoms with Gasteiger partial charge < -0.3 is 10.5 Å². The normalized spacial score (nSPS) is 11.8. The van der Waals surface area contributed by atoms with E-state index in [-0.39, 0.29) is 11.5 Å². The van der Waals surface area contributed by atoms with Gasteiger partial charge in [0.05, 0.1) is 11.0 Å². The van der Waals surface area contributed by atoms with Crippen molar-refractivity contribution in [2.24, 2.45) is 5.73 Å². The van der Waals surface area contributed by atoms with Crippen molar-refractivity contribution < 1.29 is 9.66 Å². The Morgan fingerprint density at radius 3 is 2.87 bits per heavy atom. The van der Waals surface area contributed by atoms with E-state index in [0.717, 1.165) is 0 Å². The first kappa shape index (κ1) is 11.0. The zero-order chi connectivity index (χ0) is 11.4. The molecule has 1 aromatic rings. The molecule has 3 N–H and O–H groups in total. The number of amidine groups is 1. The van der Waals surface area contributed by atoms with Crippen molar-refractivity contribution in [1.29, 1.82) is 5.41 Å². The van der Waals surface area contributed by atoms with Crippen LogP contribution < -0.4 is 10.5 Å². The molecule has 0 saturated heterocycles. The molecule has 0 aliphatic heterocycles. The highest BCUT2D eigenvalue weighted by atomic mass is 16.6. The number of nitro benzene ring substituents is 1. The SMILES string of the molecule is CC(Oc1cccc([N+](=O)[O-])c1)C(=N)N. The van der Waals surface area contributed by atoms with Gasteiger partial charge in [0.1, 0.15) is 11.6 Å². The predicted octanol–water partition coefficient (Wildman–Crippen LogP) is 1.30. The maximum atomic E-state index is 10.5. The van der Waals surface area contributed by atoms with E-state index in [4.69, 9.17) is 15.9 Å². The van der Waals surface area contributed by atoms with Crippen LogP contribution in [0.15, 0.2) is 24.3 Å². The van der Waals surface area contributed by atoms with Crippen molar-refractivity contribution in [1.82, 2.24) is 0 Å². The highest BCUT2D eigenvalue weighted by molar-refractivity contribution is 5.81. The first-order chi connectivity index (χ1) is 7.00. The van der Waals surface area contributed by atoms with Crippen LogP contribution in [0.5, 0.6) is 5.75 Å². The number of rotatable bonds is 4. The molecular weight excluding hydrogens is 198 g/mol. The maximum Gasteiger partial charge on any atom is 0.273 e. The molecule has 0 aliphatic carbocycles.